The summed E-state index contributed by atoms with van der Waals surface area (Å²) in [6.45, 7) is 3.89. The molecule has 0 atom stereocenters. The van der Waals surface area contributed by atoms with Crippen molar-refractivity contribution in [2.24, 2.45) is 7.05 Å². The minimum Gasteiger partial charge on any atom is -0.484 e. The Bertz CT molecular complexity index is 707. The summed E-state index contributed by atoms with van der Waals surface area (Å²) in [4.78, 5) is 16.6. The first kappa shape index (κ1) is 16.4. The molecule has 0 spiro atoms. The number of amides is 1. The van der Waals surface area contributed by atoms with Gasteiger partial charge in [-0.3, -0.25) is 10.1 Å². The third-order valence-electron chi connectivity index (χ3n) is 4.09. The number of hydrogen-bond acceptors (Lipinski definition) is 5. The summed E-state index contributed by atoms with van der Waals surface area (Å²) in [6.07, 6.45) is 2.04. The third-order valence-corrected chi connectivity index (χ3v) is 4.09. The van der Waals surface area contributed by atoms with Crippen LogP contribution >= 0.6 is 0 Å². The Balaban J connectivity index is 1.57. The summed E-state index contributed by atoms with van der Waals surface area (Å²) in [5, 5.41) is 10.5. The van der Waals surface area contributed by atoms with Crippen LogP contribution in [0.2, 0.25) is 0 Å². The lowest BCUT2D eigenvalue weighted by Gasteiger charge is -2.19. The van der Waals surface area contributed by atoms with Gasteiger partial charge in [-0.05, 0) is 50.6 Å². The molecule has 0 radical (unpaired) electrons. The molecule has 2 heterocycles. The maximum absolute atomic E-state index is 12.1. The molecule has 0 bridgehead atoms. The fourth-order valence-electron chi connectivity index (χ4n) is 2.78. The molecule has 2 aromatic rings. The topological polar surface area (TPSA) is 81.1 Å². The predicted molar refractivity (Wildman–Crippen MR) is 91.2 cm³/mol. The van der Waals surface area contributed by atoms with Crippen molar-refractivity contribution in [2.75, 3.05) is 25.0 Å². The van der Waals surface area contributed by atoms with E-state index >= 15 is 0 Å². The van der Waals surface area contributed by atoms with E-state index in [-0.39, 0.29) is 12.5 Å². The molecule has 7 nitrogen and oxygen atoms in total. The van der Waals surface area contributed by atoms with E-state index in [0.29, 0.717) is 17.6 Å². The van der Waals surface area contributed by atoms with E-state index in [4.69, 9.17) is 4.74 Å². The molecule has 3 rings (SSSR count). The molecule has 128 valence electrons. The van der Waals surface area contributed by atoms with Crippen molar-refractivity contribution < 1.29 is 9.53 Å². The number of rotatable bonds is 5. The molecular weight excluding hydrogens is 306 g/mol. The van der Waals surface area contributed by atoms with Crippen LogP contribution in [0.3, 0.4) is 0 Å². The maximum atomic E-state index is 12.1. The van der Waals surface area contributed by atoms with E-state index in [1.807, 2.05) is 31.2 Å². The zero-order valence-corrected chi connectivity index (χ0v) is 14.1. The van der Waals surface area contributed by atoms with Crippen molar-refractivity contribution in [1.82, 2.24) is 20.1 Å². The molecule has 0 unspecified atom stereocenters. The van der Waals surface area contributed by atoms with Crippen LogP contribution in [0.25, 0.3) is 0 Å². The number of nitrogens with one attached hydrogen (secondary N) is 2. The van der Waals surface area contributed by atoms with Crippen molar-refractivity contribution in [3.05, 3.63) is 35.7 Å². The zero-order chi connectivity index (χ0) is 16.9. The highest BCUT2D eigenvalue weighted by atomic mass is 16.5. The lowest BCUT2D eigenvalue weighted by Crippen LogP contribution is -2.27. The van der Waals surface area contributed by atoms with E-state index in [0.717, 1.165) is 37.3 Å². The number of carbonyl (C=O) groups excluding carboxylic acids is 1. The largest absolute Gasteiger partial charge is 0.484 e. The van der Waals surface area contributed by atoms with Crippen molar-refractivity contribution in [1.29, 1.82) is 0 Å². The lowest BCUT2D eigenvalue weighted by atomic mass is 9.98. The van der Waals surface area contributed by atoms with Crippen molar-refractivity contribution >= 4 is 11.9 Å². The molecule has 1 saturated heterocycles. The molecule has 0 saturated carbocycles. The number of nitrogens with zero attached hydrogens (tertiary/aromatic N) is 3. The first-order valence-electron chi connectivity index (χ1n) is 8.23. The van der Waals surface area contributed by atoms with Gasteiger partial charge in [0.25, 0.3) is 5.91 Å². The summed E-state index contributed by atoms with van der Waals surface area (Å²) in [5.74, 6) is 2.05. The van der Waals surface area contributed by atoms with Crippen LogP contribution in [0.5, 0.6) is 5.75 Å². The highest BCUT2D eigenvalue weighted by molar-refractivity contribution is 5.90. The zero-order valence-electron chi connectivity index (χ0n) is 14.1. The minimum atomic E-state index is -0.246. The van der Waals surface area contributed by atoms with Crippen LogP contribution in [0.4, 0.5) is 5.95 Å². The molecule has 7 heteroatoms. The van der Waals surface area contributed by atoms with Gasteiger partial charge in [0.1, 0.15) is 5.75 Å². The monoisotopic (exact) mass is 329 g/mol. The van der Waals surface area contributed by atoms with E-state index in [9.17, 15) is 4.79 Å². The van der Waals surface area contributed by atoms with Gasteiger partial charge >= 0.3 is 0 Å². The molecule has 0 aliphatic carbocycles. The van der Waals surface area contributed by atoms with Crippen LogP contribution in [-0.2, 0) is 11.8 Å². The summed E-state index contributed by atoms with van der Waals surface area (Å²) in [7, 11) is 1.79. The van der Waals surface area contributed by atoms with Gasteiger partial charge in [0.05, 0.1) is 0 Å². The van der Waals surface area contributed by atoms with Crippen molar-refractivity contribution in [2.45, 2.75) is 25.7 Å². The fraction of sp³-hybridized carbons (Fsp3) is 0.471. The van der Waals surface area contributed by atoms with E-state index in [1.54, 1.807) is 11.7 Å². The third kappa shape index (κ3) is 4.11. The highest BCUT2D eigenvalue weighted by Gasteiger charge is 2.21. The number of aryl methyl sites for hydroxylation is 2. The Kier molecular flexibility index (Phi) is 5.10. The molecule has 1 aliphatic rings. The van der Waals surface area contributed by atoms with Crippen LogP contribution in [-0.4, -0.2) is 40.4 Å². The Hall–Kier alpha value is -2.41. The maximum Gasteiger partial charge on any atom is 0.264 e. The molecule has 1 fully saturated rings. The summed E-state index contributed by atoms with van der Waals surface area (Å²) < 4.78 is 7.12. The van der Waals surface area contributed by atoms with Gasteiger partial charge in [0, 0.05) is 13.0 Å². The van der Waals surface area contributed by atoms with Gasteiger partial charge in [-0.25, -0.2) is 4.68 Å². The number of ether oxygens (including phenoxy) is 1. The van der Waals surface area contributed by atoms with Crippen LogP contribution in [0.1, 0.15) is 30.1 Å². The number of benzene rings is 1. The first-order valence-corrected chi connectivity index (χ1v) is 8.23. The van der Waals surface area contributed by atoms with E-state index < -0.39 is 0 Å². The van der Waals surface area contributed by atoms with Crippen LogP contribution in [0.15, 0.2) is 24.3 Å². The average molecular weight is 329 g/mol. The lowest BCUT2D eigenvalue weighted by molar-refractivity contribution is -0.118. The number of carbonyl (C=O) groups is 1. The standard InChI is InChI=1S/C17H23N5O2/c1-12-4-3-5-14(10-12)24-11-15(23)19-17-20-16(21-22(17)2)13-6-8-18-9-7-13/h3-5,10,13,18H,6-9,11H2,1-2H3,(H,19,20,21,23). The molecule has 2 N–H and O–H groups in total. The van der Waals surface area contributed by atoms with Crippen LogP contribution in [0, 0.1) is 6.92 Å². The van der Waals surface area contributed by atoms with Gasteiger partial charge in [0.15, 0.2) is 12.4 Å². The second-order valence-electron chi connectivity index (χ2n) is 6.09. The molecule has 1 aromatic carbocycles. The molecule has 1 aromatic heterocycles. The number of aromatic nitrogens is 3. The summed E-state index contributed by atoms with van der Waals surface area (Å²) >= 11 is 0. The first-order chi connectivity index (χ1) is 11.6. The molecule has 24 heavy (non-hydrogen) atoms. The SMILES string of the molecule is Cc1cccc(OCC(=O)Nc2nc(C3CCNCC3)nn2C)c1. The Morgan fingerprint density at radius 3 is 2.96 bits per heavy atom. The summed E-state index contributed by atoms with van der Waals surface area (Å²) in [6, 6.07) is 7.61. The number of piperidine rings is 1. The molecular formula is C17H23N5O2. The predicted octanol–water partition coefficient (Wildman–Crippen LogP) is 1.61. The average Bonchev–Trinajstić information content (AvgIpc) is 2.95. The summed E-state index contributed by atoms with van der Waals surface area (Å²) in [5.41, 5.74) is 1.09. The van der Waals surface area contributed by atoms with Crippen molar-refractivity contribution in [3.8, 4) is 5.75 Å². The van der Waals surface area contributed by atoms with Crippen molar-refractivity contribution in [3.63, 3.8) is 0 Å². The molecule has 1 aliphatic heterocycles. The minimum absolute atomic E-state index is 0.0566. The van der Waals surface area contributed by atoms with E-state index in [2.05, 4.69) is 20.7 Å². The van der Waals surface area contributed by atoms with Gasteiger partial charge in [0.2, 0.25) is 5.95 Å². The quantitative estimate of drug-likeness (QED) is 0.871. The van der Waals surface area contributed by atoms with Gasteiger partial charge in [-0.2, -0.15) is 10.1 Å². The van der Waals surface area contributed by atoms with Gasteiger partial charge in [-0.15, -0.1) is 0 Å². The second-order valence-corrected chi connectivity index (χ2v) is 6.09. The van der Waals surface area contributed by atoms with Crippen LogP contribution < -0.4 is 15.4 Å². The fourth-order valence-corrected chi connectivity index (χ4v) is 2.78. The van der Waals surface area contributed by atoms with Gasteiger partial charge in [-0.1, -0.05) is 12.1 Å². The van der Waals surface area contributed by atoms with E-state index in [1.165, 1.54) is 0 Å². The van der Waals surface area contributed by atoms with Gasteiger partial charge < -0.3 is 10.1 Å². The Morgan fingerprint density at radius 1 is 1.42 bits per heavy atom. The Labute approximate surface area is 141 Å². The normalized spacial score (nSPS) is 15.2. The Morgan fingerprint density at radius 2 is 2.21 bits per heavy atom. The molecule has 1 amide bonds. The number of hydrogen-bond donors (Lipinski definition) is 2. The smallest absolute Gasteiger partial charge is 0.264 e. The second kappa shape index (κ2) is 7.44. The highest BCUT2D eigenvalue weighted by Crippen LogP contribution is 2.23. The number of anilines is 1.